The van der Waals surface area contributed by atoms with Crippen molar-refractivity contribution < 1.29 is 0 Å². The Morgan fingerprint density at radius 3 is 2.67 bits per heavy atom. The lowest BCUT2D eigenvalue weighted by molar-refractivity contribution is 0.317. The summed E-state index contributed by atoms with van der Waals surface area (Å²) in [6.45, 7) is 2.67. The van der Waals surface area contributed by atoms with Crippen LogP contribution in [0.25, 0.3) is 0 Å². The molecule has 1 heterocycles. The van der Waals surface area contributed by atoms with Crippen molar-refractivity contribution in [3.05, 3.63) is 11.4 Å². The van der Waals surface area contributed by atoms with E-state index in [-0.39, 0.29) is 0 Å². The molecular weight excluding hydrogens is 188 g/mol. The Kier molecular flexibility index (Phi) is 3.36. The number of aromatic nitrogens is 3. The summed E-state index contributed by atoms with van der Waals surface area (Å²) in [7, 11) is 0. The summed E-state index contributed by atoms with van der Waals surface area (Å²) < 4.78 is 2.08. The van der Waals surface area contributed by atoms with E-state index in [1.54, 1.807) is 0 Å². The first kappa shape index (κ1) is 10.6. The van der Waals surface area contributed by atoms with E-state index in [2.05, 4.69) is 21.9 Å². The highest BCUT2D eigenvalue weighted by Gasteiger charge is 2.20. The Balaban J connectivity index is 2.22. The van der Waals surface area contributed by atoms with Crippen LogP contribution in [0.4, 0.5) is 0 Å². The molecule has 1 aromatic rings. The van der Waals surface area contributed by atoms with Gasteiger partial charge in [0, 0.05) is 6.54 Å². The average Bonchev–Trinajstić information content (AvgIpc) is 2.72. The maximum absolute atomic E-state index is 5.78. The van der Waals surface area contributed by atoms with Crippen LogP contribution < -0.4 is 5.73 Å². The molecule has 1 aromatic heterocycles. The summed E-state index contributed by atoms with van der Waals surface area (Å²) >= 11 is 0. The zero-order chi connectivity index (χ0) is 10.7. The van der Waals surface area contributed by atoms with E-state index in [0.29, 0.717) is 12.6 Å². The fourth-order valence-electron chi connectivity index (χ4n) is 2.45. The number of hydrogen-bond donors (Lipinski definition) is 1. The van der Waals surface area contributed by atoms with E-state index in [1.165, 1.54) is 32.1 Å². The third kappa shape index (κ3) is 2.04. The van der Waals surface area contributed by atoms with Crippen LogP contribution in [0, 0.1) is 0 Å². The van der Waals surface area contributed by atoms with Gasteiger partial charge in [0.05, 0.1) is 17.4 Å². The lowest BCUT2D eigenvalue weighted by Gasteiger charge is -2.23. The minimum absolute atomic E-state index is 0.546. The molecule has 0 unspecified atom stereocenters. The van der Waals surface area contributed by atoms with E-state index in [4.69, 9.17) is 5.73 Å². The molecule has 0 aromatic carbocycles. The minimum atomic E-state index is 0.546. The van der Waals surface area contributed by atoms with Crippen molar-refractivity contribution in [2.24, 2.45) is 5.73 Å². The highest BCUT2D eigenvalue weighted by atomic mass is 15.4. The Morgan fingerprint density at radius 2 is 2.07 bits per heavy atom. The first-order chi connectivity index (χ1) is 7.36. The van der Waals surface area contributed by atoms with E-state index >= 15 is 0 Å². The number of nitrogens with zero attached hydrogens (tertiary/aromatic N) is 3. The topological polar surface area (TPSA) is 56.7 Å². The summed E-state index contributed by atoms with van der Waals surface area (Å²) in [4.78, 5) is 0. The third-order valence-electron chi connectivity index (χ3n) is 3.32. The van der Waals surface area contributed by atoms with Crippen molar-refractivity contribution in [1.82, 2.24) is 15.0 Å². The number of hydrogen-bond acceptors (Lipinski definition) is 3. The van der Waals surface area contributed by atoms with Crippen molar-refractivity contribution in [1.29, 1.82) is 0 Å². The van der Waals surface area contributed by atoms with E-state index in [1.807, 2.05) is 0 Å². The van der Waals surface area contributed by atoms with E-state index in [0.717, 1.165) is 17.8 Å². The molecule has 84 valence electrons. The fraction of sp³-hybridized carbons (Fsp3) is 0.818. The summed E-state index contributed by atoms with van der Waals surface area (Å²) in [5, 5.41) is 8.48. The maximum Gasteiger partial charge on any atom is 0.0869 e. The Morgan fingerprint density at radius 1 is 1.33 bits per heavy atom. The quantitative estimate of drug-likeness (QED) is 0.824. The molecule has 0 radical (unpaired) electrons. The van der Waals surface area contributed by atoms with Gasteiger partial charge in [0.15, 0.2) is 0 Å². The molecule has 0 bridgehead atoms. The van der Waals surface area contributed by atoms with Crippen molar-refractivity contribution in [2.45, 2.75) is 58.0 Å². The molecule has 1 aliphatic carbocycles. The van der Waals surface area contributed by atoms with Gasteiger partial charge >= 0.3 is 0 Å². The minimum Gasteiger partial charge on any atom is -0.325 e. The molecule has 1 fully saturated rings. The lowest BCUT2D eigenvalue weighted by atomic mass is 9.95. The van der Waals surface area contributed by atoms with Gasteiger partial charge in [0.25, 0.3) is 0 Å². The standard InChI is InChI=1S/C11H20N4/c1-2-10-11(8-12)15(14-13-10)9-6-4-3-5-7-9/h9H,2-8,12H2,1H3. The SMILES string of the molecule is CCc1nnn(C2CCCCC2)c1CN. The molecule has 2 rings (SSSR count). The van der Waals surface area contributed by atoms with E-state index < -0.39 is 0 Å². The highest BCUT2D eigenvalue weighted by Crippen LogP contribution is 2.28. The molecule has 0 spiro atoms. The average molecular weight is 208 g/mol. The second-order valence-corrected chi connectivity index (χ2v) is 4.28. The molecule has 0 saturated heterocycles. The van der Waals surface area contributed by atoms with Gasteiger partial charge in [-0.05, 0) is 19.3 Å². The van der Waals surface area contributed by atoms with Gasteiger partial charge in [-0.25, -0.2) is 4.68 Å². The van der Waals surface area contributed by atoms with Gasteiger partial charge in [-0.15, -0.1) is 5.10 Å². The fourth-order valence-corrected chi connectivity index (χ4v) is 2.45. The summed E-state index contributed by atoms with van der Waals surface area (Å²) in [6.07, 6.45) is 7.40. The molecule has 0 amide bonds. The van der Waals surface area contributed by atoms with Crippen LogP contribution >= 0.6 is 0 Å². The van der Waals surface area contributed by atoms with Gasteiger partial charge in [-0.1, -0.05) is 31.4 Å². The molecule has 0 atom stereocenters. The van der Waals surface area contributed by atoms with Crippen molar-refractivity contribution >= 4 is 0 Å². The van der Waals surface area contributed by atoms with E-state index in [9.17, 15) is 0 Å². The van der Waals surface area contributed by atoms with Crippen LogP contribution in [-0.2, 0) is 13.0 Å². The summed E-state index contributed by atoms with van der Waals surface area (Å²) in [6, 6.07) is 0.546. The monoisotopic (exact) mass is 208 g/mol. The van der Waals surface area contributed by atoms with Crippen LogP contribution in [0.2, 0.25) is 0 Å². The molecular formula is C11H20N4. The largest absolute Gasteiger partial charge is 0.325 e. The van der Waals surface area contributed by atoms with Crippen LogP contribution in [-0.4, -0.2) is 15.0 Å². The first-order valence-electron chi connectivity index (χ1n) is 5.99. The third-order valence-corrected chi connectivity index (χ3v) is 3.32. The number of rotatable bonds is 3. The second kappa shape index (κ2) is 4.75. The smallest absolute Gasteiger partial charge is 0.0869 e. The highest BCUT2D eigenvalue weighted by molar-refractivity contribution is 5.10. The predicted octanol–water partition coefficient (Wildman–Crippen LogP) is 1.80. The van der Waals surface area contributed by atoms with Crippen LogP contribution in [0.15, 0.2) is 0 Å². The number of nitrogens with two attached hydrogens (primary N) is 1. The Bertz CT molecular complexity index is 312. The Hall–Kier alpha value is -0.900. The van der Waals surface area contributed by atoms with Gasteiger partial charge in [0.2, 0.25) is 0 Å². The second-order valence-electron chi connectivity index (χ2n) is 4.28. The zero-order valence-electron chi connectivity index (χ0n) is 9.45. The number of aryl methyl sites for hydroxylation is 1. The normalized spacial score (nSPS) is 18.3. The van der Waals surface area contributed by atoms with Crippen LogP contribution in [0.3, 0.4) is 0 Å². The van der Waals surface area contributed by atoms with Gasteiger partial charge in [-0.3, -0.25) is 0 Å². The van der Waals surface area contributed by atoms with Crippen LogP contribution in [0.5, 0.6) is 0 Å². The maximum atomic E-state index is 5.78. The summed E-state index contributed by atoms with van der Waals surface area (Å²) in [5.74, 6) is 0. The lowest BCUT2D eigenvalue weighted by Crippen LogP contribution is -2.18. The van der Waals surface area contributed by atoms with Crippen molar-refractivity contribution in [3.8, 4) is 0 Å². The molecule has 1 saturated carbocycles. The van der Waals surface area contributed by atoms with Crippen molar-refractivity contribution in [2.75, 3.05) is 0 Å². The molecule has 4 nitrogen and oxygen atoms in total. The van der Waals surface area contributed by atoms with Gasteiger partial charge < -0.3 is 5.73 Å². The zero-order valence-corrected chi connectivity index (χ0v) is 9.45. The molecule has 0 aliphatic heterocycles. The van der Waals surface area contributed by atoms with Crippen LogP contribution in [0.1, 0.15) is 56.5 Å². The predicted molar refractivity (Wildman–Crippen MR) is 59.4 cm³/mol. The first-order valence-corrected chi connectivity index (χ1v) is 5.99. The Labute approximate surface area is 90.8 Å². The molecule has 1 aliphatic rings. The summed E-state index contributed by atoms with van der Waals surface area (Å²) in [5.41, 5.74) is 7.99. The molecule has 15 heavy (non-hydrogen) atoms. The van der Waals surface area contributed by atoms with Gasteiger partial charge in [-0.2, -0.15) is 0 Å². The van der Waals surface area contributed by atoms with Gasteiger partial charge in [0.1, 0.15) is 0 Å². The molecule has 4 heteroatoms. The molecule has 2 N–H and O–H groups in total. The van der Waals surface area contributed by atoms with Crippen molar-refractivity contribution in [3.63, 3.8) is 0 Å².